The molecule has 0 aromatic heterocycles. The van der Waals surface area contributed by atoms with Gasteiger partial charge in [-0.1, -0.05) is 13.8 Å². The van der Waals surface area contributed by atoms with Crippen molar-refractivity contribution in [2.75, 3.05) is 19.6 Å². The Morgan fingerprint density at radius 2 is 1.93 bits per heavy atom. The van der Waals surface area contributed by atoms with E-state index in [2.05, 4.69) is 0 Å². The van der Waals surface area contributed by atoms with Gasteiger partial charge in [0.2, 0.25) is 0 Å². The van der Waals surface area contributed by atoms with Crippen molar-refractivity contribution >= 4 is 10.2 Å². The van der Waals surface area contributed by atoms with E-state index in [4.69, 9.17) is 5.73 Å². The maximum atomic E-state index is 12.1. The van der Waals surface area contributed by atoms with Gasteiger partial charge in [-0.3, -0.25) is 0 Å². The van der Waals surface area contributed by atoms with Crippen LogP contribution in [0.4, 0.5) is 0 Å². The van der Waals surface area contributed by atoms with Gasteiger partial charge in [-0.2, -0.15) is 17.0 Å². The Morgan fingerprint density at radius 1 is 1.33 bits per heavy atom. The van der Waals surface area contributed by atoms with Gasteiger partial charge in [0.05, 0.1) is 6.17 Å². The van der Waals surface area contributed by atoms with Crippen LogP contribution in [-0.4, -0.2) is 42.8 Å². The van der Waals surface area contributed by atoms with Gasteiger partial charge in [0.1, 0.15) is 0 Å². The van der Waals surface area contributed by atoms with Crippen LogP contribution in [0.15, 0.2) is 0 Å². The summed E-state index contributed by atoms with van der Waals surface area (Å²) < 4.78 is 27.2. The van der Waals surface area contributed by atoms with E-state index in [9.17, 15) is 8.42 Å². The van der Waals surface area contributed by atoms with Crippen LogP contribution < -0.4 is 5.73 Å². The predicted molar refractivity (Wildman–Crippen MR) is 60.4 cm³/mol. The van der Waals surface area contributed by atoms with E-state index < -0.39 is 10.2 Å². The molecule has 1 unspecified atom stereocenters. The first-order chi connectivity index (χ1) is 7.04. The number of nitrogens with zero attached hydrogens (tertiary/aromatic N) is 2. The van der Waals surface area contributed by atoms with Crippen LogP contribution >= 0.6 is 0 Å². The van der Waals surface area contributed by atoms with E-state index in [-0.39, 0.29) is 6.17 Å². The van der Waals surface area contributed by atoms with Crippen molar-refractivity contribution in [1.82, 2.24) is 8.61 Å². The molecule has 2 N–H and O–H groups in total. The molecule has 0 aliphatic carbocycles. The fourth-order valence-electron chi connectivity index (χ4n) is 1.92. The Balaban J connectivity index is 2.83. The highest BCUT2D eigenvalue weighted by atomic mass is 32.2. The minimum absolute atomic E-state index is 0.343. The third-order valence-corrected chi connectivity index (χ3v) is 5.04. The number of piperidine rings is 1. The van der Waals surface area contributed by atoms with E-state index in [1.54, 1.807) is 0 Å². The van der Waals surface area contributed by atoms with Crippen LogP contribution in [0.5, 0.6) is 0 Å². The van der Waals surface area contributed by atoms with Crippen molar-refractivity contribution in [3.05, 3.63) is 0 Å². The summed E-state index contributed by atoms with van der Waals surface area (Å²) in [5.74, 6) is 0. The largest absolute Gasteiger partial charge is 0.315 e. The maximum Gasteiger partial charge on any atom is 0.283 e. The van der Waals surface area contributed by atoms with Crippen molar-refractivity contribution in [1.29, 1.82) is 0 Å². The van der Waals surface area contributed by atoms with Gasteiger partial charge in [-0.15, -0.1) is 0 Å². The second-order valence-corrected chi connectivity index (χ2v) is 5.65. The van der Waals surface area contributed by atoms with Gasteiger partial charge in [0.15, 0.2) is 0 Å². The third kappa shape index (κ3) is 2.69. The molecular weight excluding hydrogens is 214 g/mol. The SMILES string of the molecule is CCN(CC)S(=O)(=O)N1CCCCC1N. The molecule has 90 valence electrons. The number of hydrogen-bond acceptors (Lipinski definition) is 3. The monoisotopic (exact) mass is 235 g/mol. The molecule has 0 aromatic rings. The summed E-state index contributed by atoms with van der Waals surface area (Å²) in [5, 5.41) is 0. The summed E-state index contributed by atoms with van der Waals surface area (Å²) in [5.41, 5.74) is 5.83. The first-order valence-corrected chi connectivity index (χ1v) is 6.96. The molecule has 1 aliphatic rings. The molecule has 1 aliphatic heterocycles. The van der Waals surface area contributed by atoms with Gasteiger partial charge >= 0.3 is 0 Å². The Morgan fingerprint density at radius 3 is 2.40 bits per heavy atom. The Hall–Kier alpha value is -0.170. The number of hydrogen-bond donors (Lipinski definition) is 1. The smallest absolute Gasteiger partial charge is 0.283 e. The van der Waals surface area contributed by atoms with Crippen molar-refractivity contribution in [3.8, 4) is 0 Å². The normalized spacial score (nSPS) is 24.7. The zero-order valence-electron chi connectivity index (χ0n) is 9.52. The molecular formula is C9H21N3O2S. The van der Waals surface area contributed by atoms with Crippen LogP contribution in [0.2, 0.25) is 0 Å². The van der Waals surface area contributed by atoms with Crippen molar-refractivity contribution in [2.24, 2.45) is 5.73 Å². The Labute approximate surface area is 92.4 Å². The second kappa shape index (κ2) is 5.25. The van der Waals surface area contributed by atoms with Gasteiger partial charge in [0, 0.05) is 19.6 Å². The zero-order chi connectivity index (χ0) is 11.5. The van der Waals surface area contributed by atoms with Gasteiger partial charge in [-0.05, 0) is 19.3 Å². The molecule has 0 spiro atoms. The quantitative estimate of drug-likeness (QED) is 0.764. The summed E-state index contributed by atoms with van der Waals surface area (Å²) in [4.78, 5) is 0. The summed E-state index contributed by atoms with van der Waals surface area (Å²) in [6.45, 7) is 5.25. The second-order valence-electron chi connectivity index (χ2n) is 3.77. The van der Waals surface area contributed by atoms with Crippen molar-refractivity contribution in [3.63, 3.8) is 0 Å². The standard InChI is InChI=1S/C9H21N3O2S/c1-3-11(4-2)15(13,14)12-8-6-5-7-9(12)10/h9H,3-8,10H2,1-2H3. The van der Waals surface area contributed by atoms with Crippen LogP contribution in [0.3, 0.4) is 0 Å². The summed E-state index contributed by atoms with van der Waals surface area (Å²) in [6.07, 6.45) is 2.35. The lowest BCUT2D eigenvalue weighted by Gasteiger charge is -2.35. The summed E-state index contributed by atoms with van der Waals surface area (Å²) >= 11 is 0. The average molecular weight is 235 g/mol. The van der Waals surface area contributed by atoms with E-state index in [1.807, 2.05) is 13.8 Å². The molecule has 0 radical (unpaired) electrons. The van der Waals surface area contributed by atoms with Gasteiger partial charge < -0.3 is 5.73 Å². The molecule has 0 saturated carbocycles. The lowest BCUT2D eigenvalue weighted by Crippen LogP contribution is -2.53. The number of rotatable bonds is 4. The van der Waals surface area contributed by atoms with Gasteiger partial charge in [0.25, 0.3) is 10.2 Å². The molecule has 0 bridgehead atoms. The molecule has 1 fully saturated rings. The minimum Gasteiger partial charge on any atom is -0.315 e. The first kappa shape index (κ1) is 12.9. The average Bonchev–Trinajstić information content (AvgIpc) is 2.19. The molecule has 1 heterocycles. The number of nitrogens with two attached hydrogens (primary N) is 1. The third-order valence-electron chi connectivity index (χ3n) is 2.83. The van der Waals surface area contributed by atoms with Crippen LogP contribution in [0.1, 0.15) is 33.1 Å². The fourth-order valence-corrected chi connectivity index (χ4v) is 3.67. The summed E-state index contributed by atoms with van der Waals surface area (Å²) in [6, 6.07) is 0. The molecule has 1 atom stereocenters. The van der Waals surface area contributed by atoms with Crippen molar-refractivity contribution in [2.45, 2.75) is 39.3 Å². The highest BCUT2D eigenvalue weighted by Gasteiger charge is 2.33. The van der Waals surface area contributed by atoms with E-state index in [1.165, 1.54) is 8.61 Å². The molecule has 6 heteroatoms. The topological polar surface area (TPSA) is 66.6 Å². The molecule has 5 nitrogen and oxygen atoms in total. The van der Waals surface area contributed by atoms with E-state index >= 15 is 0 Å². The first-order valence-electron chi connectivity index (χ1n) is 5.56. The Bertz CT molecular complexity index is 288. The molecule has 0 aromatic carbocycles. The van der Waals surface area contributed by atoms with Crippen LogP contribution in [-0.2, 0) is 10.2 Å². The fraction of sp³-hybridized carbons (Fsp3) is 1.00. The molecule has 1 saturated heterocycles. The lowest BCUT2D eigenvalue weighted by molar-refractivity contribution is 0.238. The lowest BCUT2D eigenvalue weighted by atomic mass is 10.1. The molecule has 0 amide bonds. The highest BCUT2D eigenvalue weighted by molar-refractivity contribution is 7.86. The minimum atomic E-state index is -3.33. The maximum absolute atomic E-state index is 12.1. The van der Waals surface area contributed by atoms with E-state index in [0.29, 0.717) is 19.6 Å². The molecule has 15 heavy (non-hydrogen) atoms. The van der Waals surface area contributed by atoms with E-state index in [0.717, 1.165) is 19.3 Å². The predicted octanol–water partition coefficient (Wildman–Crippen LogP) is 0.344. The molecule has 1 rings (SSSR count). The van der Waals surface area contributed by atoms with Gasteiger partial charge in [-0.25, -0.2) is 0 Å². The highest BCUT2D eigenvalue weighted by Crippen LogP contribution is 2.19. The zero-order valence-corrected chi connectivity index (χ0v) is 10.3. The summed E-state index contributed by atoms with van der Waals surface area (Å²) in [7, 11) is -3.33. The van der Waals surface area contributed by atoms with Crippen molar-refractivity contribution < 1.29 is 8.42 Å². The van der Waals surface area contributed by atoms with Crippen LogP contribution in [0, 0.1) is 0 Å². The van der Waals surface area contributed by atoms with Crippen LogP contribution in [0.25, 0.3) is 0 Å². The Kier molecular flexibility index (Phi) is 4.51.